The van der Waals surface area contributed by atoms with Crippen LogP contribution < -0.4 is 5.32 Å². The van der Waals surface area contributed by atoms with Gasteiger partial charge in [0.15, 0.2) is 0 Å². The van der Waals surface area contributed by atoms with Crippen molar-refractivity contribution in [3.8, 4) is 0 Å². The monoisotopic (exact) mass is 520 g/mol. The van der Waals surface area contributed by atoms with E-state index in [9.17, 15) is 19.1 Å². The normalized spacial score (nSPS) is 19.1. The quantitative estimate of drug-likeness (QED) is 0.429. The Morgan fingerprint density at radius 3 is 2.61 bits per heavy atom. The maximum Gasteiger partial charge on any atom is 0.254 e. The molecule has 1 aliphatic heterocycles. The third-order valence-electron chi connectivity index (χ3n) is 6.67. The number of ether oxygens (including phenoxy) is 1. The van der Waals surface area contributed by atoms with Crippen molar-refractivity contribution in [2.75, 3.05) is 20.3 Å². The predicted octanol–water partition coefficient (Wildman–Crippen LogP) is 5.83. The van der Waals surface area contributed by atoms with Gasteiger partial charge in [0.2, 0.25) is 5.91 Å². The average Bonchev–Trinajstić information content (AvgIpc) is 3.24. The predicted molar refractivity (Wildman–Crippen MR) is 147 cm³/mol. The lowest BCUT2D eigenvalue weighted by Gasteiger charge is -2.42. The summed E-state index contributed by atoms with van der Waals surface area (Å²) in [5.41, 5.74) is 3.12. The van der Waals surface area contributed by atoms with Crippen LogP contribution in [0.5, 0.6) is 0 Å². The van der Waals surface area contributed by atoms with Crippen LogP contribution in [0, 0.1) is 5.82 Å². The summed E-state index contributed by atoms with van der Waals surface area (Å²) in [6.07, 6.45) is 9.79. The van der Waals surface area contributed by atoms with E-state index in [-0.39, 0.29) is 37.3 Å². The summed E-state index contributed by atoms with van der Waals surface area (Å²) >= 11 is 0. The number of benzene rings is 2. The minimum Gasteiger partial charge on any atom is -0.515 e. The molecule has 2 N–H and O–H groups in total. The van der Waals surface area contributed by atoms with Gasteiger partial charge in [-0.1, -0.05) is 62.4 Å². The Morgan fingerprint density at radius 1 is 1.16 bits per heavy atom. The van der Waals surface area contributed by atoms with E-state index < -0.39 is 12.0 Å². The molecule has 7 heteroatoms. The number of hydrogen-bond donors (Lipinski definition) is 2. The van der Waals surface area contributed by atoms with Crippen LogP contribution in [0.1, 0.15) is 60.5 Å². The van der Waals surface area contributed by atoms with E-state index in [2.05, 4.69) is 5.32 Å². The first-order valence-electron chi connectivity index (χ1n) is 13.2. The van der Waals surface area contributed by atoms with Gasteiger partial charge in [0.05, 0.1) is 24.8 Å². The number of fused-ring (bicyclic) bond motifs is 1. The van der Waals surface area contributed by atoms with Crippen LogP contribution in [-0.4, -0.2) is 48.1 Å². The number of rotatable bonds is 8. The van der Waals surface area contributed by atoms with Gasteiger partial charge < -0.3 is 20.1 Å². The highest BCUT2D eigenvalue weighted by molar-refractivity contribution is 6.02. The molecule has 0 spiro atoms. The van der Waals surface area contributed by atoms with Gasteiger partial charge in [-0.05, 0) is 54.2 Å². The molecule has 2 aromatic carbocycles. The SMILES string of the molecule is CC.COCCN1C(=O)c2ccccc2C(C(=O)NCc2ccc(F)cc2)C1/C(=C/O)C1=CCCCC=C1. The van der Waals surface area contributed by atoms with Crippen LogP contribution in [0.2, 0.25) is 0 Å². The minimum absolute atomic E-state index is 0.206. The van der Waals surface area contributed by atoms with Gasteiger partial charge in [-0.3, -0.25) is 9.59 Å². The number of aliphatic hydroxyl groups is 1. The molecule has 2 unspecified atom stereocenters. The molecule has 0 fully saturated rings. The van der Waals surface area contributed by atoms with E-state index in [1.54, 1.807) is 48.4 Å². The number of amides is 2. The highest BCUT2D eigenvalue weighted by atomic mass is 19.1. The van der Waals surface area contributed by atoms with Crippen LogP contribution in [0.15, 0.2) is 84.2 Å². The molecule has 2 aromatic rings. The van der Waals surface area contributed by atoms with E-state index in [1.807, 2.05) is 32.1 Å². The molecule has 0 radical (unpaired) electrons. The van der Waals surface area contributed by atoms with Crippen LogP contribution in [0.3, 0.4) is 0 Å². The lowest BCUT2D eigenvalue weighted by Crippen LogP contribution is -2.54. The van der Waals surface area contributed by atoms with Gasteiger partial charge in [-0.2, -0.15) is 0 Å². The maximum atomic E-state index is 13.8. The standard InChI is InChI=1S/C29H31FN2O4.C2H6/c1-36-17-16-32-27(25(19-33)21-8-4-2-3-5-9-21)26(23-10-6-7-11-24(23)29(32)35)28(34)31-18-20-12-14-22(30)15-13-20;1-2/h4,6-15,19,26-27,33H,2-3,5,16-18H2,1H3,(H,31,34);1-2H3/b25-19+;. The smallest absolute Gasteiger partial charge is 0.254 e. The second kappa shape index (κ2) is 14.3. The fourth-order valence-corrected chi connectivity index (χ4v) is 4.87. The van der Waals surface area contributed by atoms with Crippen LogP contribution in [-0.2, 0) is 16.1 Å². The van der Waals surface area contributed by atoms with Gasteiger partial charge in [-0.15, -0.1) is 0 Å². The molecule has 2 amide bonds. The third kappa shape index (κ3) is 6.58. The van der Waals surface area contributed by atoms with E-state index in [1.165, 1.54) is 12.1 Å². The molecule has 202 valence electrons. The Hall–Kier alpha value is -3.71. The number of carbonyl (C=O) groups is 2. The number of carbonyl (C=O) groups excluding carboxylic acids is 2. The number of halogens is 1. The average molecular weight is 521 g/mol. The molecule has 4 rings (SSSR count). The molecule has 0 saturated heterocycles. The lowest BCUT2D eigenvalue weighted by molar-refractivity contribution is -0.124. The molecule has 2 atom stereocenters. The Morgan fingerprint density at radius 2 is 1.89 bits per heavy atom. The van der Waals surface area contributed by atoms with E-state index in [0.717, 1.165) is 36.7 Å². The van der Waals surface area contributed by atoms with Crippen LogP contribution in [0.4, 0.5) is 4.39 Å². The fourth-order valence-electron chi connectivity index (χ4n) is 4.87. The van der Waals surface area contributed by atoms with Crippen molar-refractivity contribution in [1.82, 2.24) is 10.2 Å². The summed E-state index contributed by atoms with van der Waals surface area (Å²) in [4.78, 5) is 29.1. The number of hydrogen-bond acceptors (Lipinski definition) is 4. The molecule has 1 aliphatic carbocycles. The first kappa shape index (κ1) is 28.9. The molecule has 2 aliphatic rings. The topological polar surface area (TPSA) is 78.9 Å². The number of nitrogens with one attached hydrogen (secondary N) is 1. The molecule has 0 aromatic heterocycles. The van der Waals surface area contributed by atoms with Crippen molar-refractivity contribution >= 4 is 11.8 Å². The number of nitrogens with zero attached hydrogens (tertiary/aromatic N) is 1. The summed E-state index contributed by atoms with van der Waals surface area (Å²) < 4.78 is 18.6. The highest BCUT2D eigenvalue weighted by Crippen LogP contribution is 2.39. The van der Waals surface area contributed by atoms with Gasteiger partial charge in [-0.25, -0.2) is 4.39 Å². The van der Waals surface area contributed by atoms with Gasteiger partial charge in [0.25, 0.3) is 5.91 Å². The molecular formula is C31H37FN2O4. The number of aliphatic hydroxyl groups excluding tert-OH is 1. The second-order valence-electron chi connectivity index (χ2n) is 8.92. The molecule has 0 bridgehead atoms. The van der Waals surface area contributed by atoms with Crippen molar-refractivity contribution in [2.24, 2.45) is 0 Å². The van der Waals surface area contributed by atoms with Gasteiger partial charge in [0, 0.05) is 31.3 Å². The molecule has 38 heavy (non-hydrogen) atoms. The highest BCUT2D eigenvalue weighted by Gasteiger charge is 2.45. The summed E-state index contributed by atoms with van der Waals surface area (Å²) in [5, 5.41) is 13.4. The van der Waals surface area contributed by atoms with Gasteiger partial charge >= 0.3 is 0 Å². The third-order valence-corrected chi connectivity index (χ3v) is 6.67. The van der Waals surface area contributed by atoms with Crippen molar-refractivity contribution < 1.29 is 23.8 Å². The largest absolute Gasteiger partial charge is 0.515 e. The maximum absolute atomic E-state index is 13.8. The lowest BCUT2D eigenvalue weighted by atomic mass is 9.77. The second-order valence-corrected chi connectivity index (χ2v) is 8.92. The van der Waals surface area contributed by atoms with E-state index in [4.69, 9.17) is 4.74 Å². The zero-order valence-electron chi connectivity index (χ0n) is 22.3. The molecule has 1 heterocycles. The first-order valence-corrected chi connectivity index (χ1v) is 13.2. The zero-order chi connectivity index (χ0) is 27.5. The summed E-state index contributed by atoms with van der Waals surface area (Å²) in [6, 6.07) is 12.3. The van der Waals surface area contributed by atoms with Crippen molar-refractivity contribution in [2.45, 2.75) is 51.6 Å². The van der Waals surface area contributed by atoms with Gasteiger partial charge in [0.1, 0.15) is 5.82 Å². The molecular weight excluding hydrogens is 483 g/mol. The zero-order valence-corrected chi connectivity index (χ0v) is 22.3. The molecule has 6 nitrogen and oxygen atoms in total. The summed E-state index contributed by atoms with van der Waals surface area (Å²) in [5.74, 6) is -1.62. The van der Waals surface area contributed by atoms with Crippen molar-refractivity contribution in [3.05, 3.63) is 107 Å². The number of methoxy groups -OCH3 is 1. The Balaban J connectivity index is 0.00000195. The fraction of sp³-hybridized carbons (Fsp3) is 0.355. The Bertz CT molecular complexity index is 1190. The van der Waals surface area contributed by atoms with Crippen molar-refractivity contribution in [1.29, 1.82) is 0 Å². The van der Waals surface area contributed by atoms with Crippen molar-refractivity contribution in [3.63, 3.8) is 0 Å². The van der Waals surface area contributed by atoms with Crippen LogP contribution in [0.25, 0.3) is 0 Å². The Labute approximate surface area is 224 Å². The van der Waals surface area contributed by atoms with Crippen LogP contribution >= 0.6 is 0 Å². The summed E-state index contributed by atoms with van der Waals surface area (Å²) in [6.45, 7) is 4.74. The Kier molecular flexibility index (Phi) is 10.8. The summed E-state index contributed by atoms with van der Waals surface area (Å²) in [7, 11) is 1.56. The minimum atomic E-state index is -0.771. The van der Waals surface area contributed by atoms with E-state index >= 15 is 0 Å². The van der Waals surface area contributed by atoms with E-state index in [0.29, 0.717) is 16.7 Å². The number of allylic oxidation sites excluding steroid dienone is 3. The molecule has 0 saturated carbocycles. The first-order chi connectivity index (χ1) is 18.5.